The highest BCUT2D eigenvalue weighted by atomic mass is 16.5. The third-order valence-corrected chi connectivity index (χ3v) is 5.42. The van der Waals surface area contributed by atoms with E-state index in [1.807, 2.05) is 84.9 Å². The number of nitrogens with one attached hydrogen (secondary N) is 2. The van der Waals surface area contributed by atoms with Gasteiger partial charge in [0.1, 0.15) is 11.8 Å². The van der Waals surface area contributed by atoms with Crippen LogP contribution in [-0.4, -0.2) is 30.5 Å². The van der Waals surface area contributed by atoms with Crippen LogP contribution in [0.2, 0.25) is 0 Å². The van der Waals surface area contributed by atoms with E-state index in [1.54, 1.807) is 0 Å². The Morgan fingerprint density at radius 1 is 0.875 bits per heavy atom. The molecule has 3 aromatic rings. The van der Waals surface area contributed by atoms with Gasteiger partial charge in [-0.1, -0.05) is 78.9 Å². The molecule has 1 fully saturated rings. The van der Waals surface area contributed by atoms with Crippen LogP contribution >= 0.6 is 0 Å². The number of carbonyl (C=O) groups is 2. The van der Waals surface area contributed by atoms with Crippen molar-refractivity contribution in [3.8, 4) is 16.9 Å². The van der Waals surface area contributed by atoms with Gasteiger partial charge in [-0.2, -0.15) is 0 Å². The van der Waals surface area contributed by atoms with Crippen LogP contribution in [0.1, 0.15) is 24.8 Å². The van der Waals surface area contributed by atoms with Gasteiger partial charge in [0.25, 0.3) is 0 Å². The number of ether oxygens (including phenoxy) is 1. The summed E-state index contributed by atoms with van der Waals surface area (Å²) in [4.78, 5) is 25.3. The fourth-order valence-electron chi connectivity index (χ4n) is 3.56. The molecule has 1 unspecified atom stereocenters. The summed E-state index contributed by atoms with van der Waals surface area (Å²) in [5.41, 5.74) is 3.06. The average molecular weight is 429 g/mol. The van der Waals surface area contributed by atoms with Gasteiger partial charge < -0.3 is 15.4 Å². The molecular formula is C27H28N2O3. The largest absolute Gasteiger partial charge is 0.492 e. The molecular weight excluding hydrogens is 400 g/mol. The molecule has 4 rings (SSSR count). The molecule has 0 saturated heterocycles. The number of benzene rings is 3. The molecule has 0 aliphatic heterocycles. The van der Waals surface area contributed by atoms with Gasteiger partial charge >= 0.3 is 0 Å². The highest BCUT2D eigenvalue weighted by molar-refractivity contribution is 5.88. The Morgan fingerprint density at radius 3 is 2.25 bits per heavy atom. The standard InChI is InChI=1S/C27H28N2O3/c30-26(17-18-32-25-14-8-7-13-23(25)21-11-5-2-6-12-21)29-24(27(31)28-22-15-16-22)19-20-9-3-1-4-10-20/h1-14,22,24H,15-19H2,(H,28,31)(H,29,30). The Kier molecular flexibility index (Phi) is 7.18. The van der Waals surface area contributed by atoms with Crippen LogP contribution in [-0.2, 0) is 16.0 Å². The lowest BCUT2D eigenvalue weighted by atomic mass is 10.0. The zero-order valence-corrected chi connectivity index (χ0v) is 18.0. The van der Waals surface area contributed by atoms with Gasteiger partial charge in [-0.3, -0.25) is 9.59 Å². The van der Waals surface area contributed by atoms with E-state index in [4.69, 9.17) is 4.74 Å². The molecule has 5 nitrogen and oxygen atoms in total. The molecule has 2 N–H and O–H groups in total. The summed E-state index contributed by atoms with van der Waals surface area (Å²) in [6.45, 7) is 0.234. The third kappa shape index (κ3) is 6.20. The first-order valence-corrected chi connectivity index (χ1v) is 11.1. The summed E-state index contributed by atoms with van der Waals surface area (Å²) in [5.74, 6) is 0.410. The number of amides is 2. The maximum atomic E-state index is 12.7. The number of hydrogen-bond donors (Lipinski definition) is 2. The number of hydrogen-bond acceptors (Lipinski definition) is 3. The second-order valence-corrected chi connectivity index (χ2v) is 8.05. The van der Waals surface area contributed by atoms with E-state index in [0.717, 1.165) is 35.3 Å². The van der Waals surface area contributed by atoms with Crippen LogP contribution in [0.4, 0.5) is 0 Å². The maximum Gasteiger partial charge on any atom is 0.243 e. The van der Waals surface area contributed by atoms with Crippen molar-refractivity contribution < 1.29 is 14.3 Å². The predicted molar refractivity (Wildman–Crippen MR) is 125 cm³/mol. The van der Waals surface area contributed by atoms with Crippen molar-refractivity contribution in [1.29, 1.82) is 0 Å². The minimum absolute atomic E-state index is 0.125. The Labute approximate surface area is 188 Å². The molecule has 0 bridgehead atoms. The summed E-state index contributed by atoms with van der Waals surface area (Å²) in [6.07, 6.45) is 2.65. The van der Waals surface area contributed by atoms with Crippen molar-refractivity contribution in [2.75, 3.05) is 6.61 Å². The lowest BCUT2D eigenvalue weighted by Gasteiger charge is -2.19. The summed E-state index contributed by atoms with van der Waals surface area (Å²) in [7, 11) is 0. The molecule has 0 heterocycles. The molecule has 1 aliphatic rings. The molecule has 1 atom stereocenters. The first-order valence-electron chi connectivity index (χ1n) is 11.1. The quantitative estimate of drug-likeness (QED) is 0.510. The topological polar surface area (TPSA) is 67.4 Å². The van der Waals surface area contributed by atoms with Gasteiger partial charge in [-0.15, -0.1) is 0 Å². The van der Waals surface area contributed by atoms with E-state index in [1.165, 1.54) is 0 Å². The highest BCUT2D eigenvalue weighted by Gasteiger charge is 2.28. The van der Waals surface area contributed by atoms with Crippen molar-refractivity contribution in [3.05, 3.63) is 90.5 Å². The molecule has 164 valence electrons. The highest BCUT2D eigenvalue weighted by Crippen LogP contribution is 2.29. The minimum Gasteiger partial charge on any atom is -0.492 e. The van der Waals surface area contributed by atoms with Crippen LogP contribution in [0.15, 0.2) is 84.9 Å². The molecule has 1 aliphatic carbocycles. The van der Waals surface area contributed by atoms with Gasteiger partial charge in [0.15, 0.2) is 0 Å². The summed E-state index contributed by atoms with van der Waals surface area (Å²) >= 11 is 0. The minimum atomic E-state index is -0.595. The second kappa shape index (κ2) is 10.6. The Balaban J connectivity index is 1.34. The summed E-state index contributed by atoms with van der Waals surface area (Å²) < 4.78 is 5.94. The molecule has 1 saturated carbocycles. The lowest BCUT2D eigenvalue weighted by Crippen LogP contribution is -2.48. The third-order valence-electron chi connectivity index (χ3n) is 5.42. The average Bonchev–Trinajstić information content (AvgIpc) is 3.64. The van der Waals surface area contributed by atoms with Crippen molar-refractivity contribution in [2.45, 2.75) is 37.8 Å². The van der Waals surface area contributed by atoms with E-state index in [9.17, 15) is 9.59 Å². The Hall–Kier alpha value is -3.60. The second-order valence-electron chi connectivity index (χ2n) is 8.05. The molecule has 0 spiro atoms. The fraction of sp³-hybridized carbons (Fsp3) is 0.259. The van der Waals surface area contributed by atoms with Crippen LogP contribution in [0, 0.1) is 0 Å². The van der Waals surface area contributed by atoms with Crippen molar-refractivity contribution in [1.82, 2.24) is 10.6 Å². The first-order chi connectivity index (χ1) is 15.7. The smallest absolute Gasteiger partial charge is 0.243 e. The normalized spacial score (nSPS) is 13.8. The molecule has 5 heteroatoms. The van der Waals surface area contributed by atoms with Gasteiger partial charge in [0, 0.05) is 18.0 Å². The number of carbonyl (C=O) groups excluding carboxylic acids is 2. The molecule has 2 amide bonds. The maximum absolute atomic E-state index is 12.7. The monoisotopic (exact) mass is 428 g/mol. The first kappa shape index (κ1) is 21.6. The van der Waals surface area contributed by atoms with E-state index in [0.29, 0.717) is 6.42 Å². The summed E-state index contributed by atoms with van der Waals surface area (Å²) in [5, 5.41) is 5.90. The van der Waals surface area contributed by atoms with Crippen LogP contribution in [0.5, 0.6) is 5.75 Å². The molecule has 0 aromatic heterocycles. The SMILES string of the molecule is O=C(CCOc1ccccc1-c1ccccc1)NC(Cc1ccccc1)C(=O)NC1CC1. The van der Waals surface area contributed by atoms with Gasteiger partial charge in [-0.25, -0.2) is 0 Å². The van der Waals surface area contributed by atoms with Crippen LogP contribution in [0.25, 0.3) is 11.1 Å². The fourth-order valence-corrected chi connectivity index (χ4v) is 3.56. The van der Waals surface area contributed by atoms with E-state index in [2.05, 4.69) is 10.6 Å². The van der Waals surface area contributed by atoms with Crippen LogP contribution in [0.3, 0.4) is 0 Å². The van der Waals surface area contributed by atoms with Gasteiger partial charge in [-0.05, 0) is 30.0 Å². The summed E-state index contributed by atoms with van der Waals surface area (Å²) in [6, 6.07) is 27.2. The van der Waals surface area contributed by atoms with E-state index >= 15 is 0 Å². The predicted octanol–water partition coefficient (Wildman–Crippen LogP) is 4.13. The van der Waals surface area contributed by atoms with E-state index in [-0.39, 0.29) is 30.9 Å². The van der Waals surface area contributed by atoms with E-state index < -0.39 is 6.04 Å². The Morgan fingerprint density at radius 2 is 1.53 bits per heavy atom. The molecule has 32 heavy (non-hydrogen) atoms. The lowest BCUT2D eigenvalue weighted by molar-refractivity contribution is -0.129. The molecule has 0 radical (unpaired) electrons. The van der Waals surface area contributed by atoms with Gasteiger partial charge in [0.2, 0.25) is 11.8 Å². The van der Waals surface area contributed by atoms with Crippen LogP contribution < -0.4 is 15.4 Å². The zero-order chi connectivity index (χ0) is 22.2. The zero-order valence-electron chi connectivity index (χ0n) is 18.0. The van der Waals surface area contributed by atoms with Crippen molar-refractivity contribution >= 4 is 11.8 Å². The van der Waals surface area contributed by atoms with Gasteiger partial charge in [0.05, 0.1) is 13.0 Å². The number of rotatable bonds is 10. The van der Waals surface area contributed by atoms with Crippen molar-refractivity contribution in [3.63, 3.8) is 0 Å². The Bertz CT molecular complexity index is 1030. The number of para-hydroxylation sites is 1. The molecule has 3 aromatic carbocycles. The van der Waals surface area contributed by atoms with Crippen molar-refractivity contribution in [2.24, 2.45) is 0 Å².